The minimum absolute atomic E-state index is 0.123. The summed E-state index contributed by atoms with van der Waals surface area (Å²) in [6.45, 7) is 3.32. The van der Waals surface area contributed by atoms with Crippen molar-refractivity contribution in [2.45, 2.75) is 25.3 Å². The molecule has 0 heterocycles. The van der Waals surface area contributed by atoms with Crippen LogP contribution in [0, 0.1) is 13.8 Å². The standard InChI is InChI=1S/C19H24N2O5S/c1-13-10-18(14(2)9-17(13)26-4)27(23,24)21-12-19(22)20-11-15-7-5-6-8-16(15)25-3/h5-10,21H,11-12H2,1-4H3,(H,20,22). The molecular formula is C19H24N2O5S. The predicted molar refractivity (Wildman–Crippen MR) is 102 cm³/mol. The van der Waals surface area contributed by atoms with Gasteiger partial charge in [0.1, 0.15) is 11.5 Å². The monoisotopic (exact) mass is 392 g/mol. The van der Waals surface area contributed by atoms with Crippen molar-refractivity contribution >= 4 is 15.9 Å². The van der Waals surface area contributed by atoms with Crippen molar-refractivity contribution in [3.05, 3.63) is 53.1 Å². The Kier molecular flexibility index (Phi) is 6.81. The second-order valence-corrected chi connectivity index (χ2v) is 7.74. The molecule has 0 aliphatic heterocycles. The van der Waals surface area contributed by atoms with Gasteiger partial charge in [0, 0.05) is 12.1 Å². The highest BCUT2D eigenvalue weighted by Crippen LogP contribution is 2.25. The summed E-state index contributed by atoms with van der Waals surface area (Å²) in [7, 11) is -0.743. The number of hydrogen-bond acceptors (Lipinski definition) is 5. The fraction of sp³-hybridized carbons (Fsp3) is 0.316. The first-order chi connectivity index (χ1) is 12.8. The van der Waals surface area contributed by atoms with E-state index in [4.69, 9.17) is 9.47 Å². The quantitative estimate of drug-likeness (QED) is 0.716. The van der Waals surface area contributed by atoms with E-state index in [1.165, 1.54) is 13.2 Å². The highest BCUT2D eigenvalue weighted by atomic mass is 32.2. The van der Waals surface area contributed by atoms with Crippen molar-refractivity contribution in [1.29, 1.82) is 0 Å². The van der Waals surface area contributed by atoms with Crippen LogP contribution >= 0.6 is 0 Å². The van der Waals surface area contributed by atoms with Crippen LogP contribution < -0.4 is 19.5 Å². The molecule has 0 aliphatic carbocycles. The van der Waals surface area contributed by atoms with Crippen molar-refractivity contribution in [2.24, 2.45) is 0 Å². The molecule has 7 nitrogen and oxygen atoms in total. The van der Waals surface area contributed by atoms with Gasteiger partial charge in [0.05, 0.1) is 25.7 Å². The molecule has 0 saturated carbocycles. The van der Waals surface area contributed by atoms with E-state index in [-0.39, 0.29) is 18.0 Å². The van der Waals surface area contributed by atoms with Crippen LogP contribution in [0.1, 0.15) is 16.7 Å². The van der Waals surface area contributed by atoms with Gasteiger partial charge < -0.3 is 14.8 Å². The van der Waals surface area contributed by atoms with Crippen LogP contribution in [0.25, 0.3) is 0 Å². The summed E-state index contributed by atoms with van der Waals surface area (Å²) >= 11 is 0. The maximum atomic E-state index is 12.5. The molecule has 2 aromatic carbocycles. The Hall–Kier alpha value is -2.58. The van der Waals surface area contributed by atoms with Crippen LogP contribution in [0.2, 0.25) is 0 Å². The van der Waals surface area contributed by atoms with Gasteiger partial charge in [-0.3, -0.25) is 4.79 Å². The van der Waals surface area contributed by atoms with Crippen molar-refractivity contribution in [2.75, 3.05) is 20.8 Å². The van der Waals surface area contributed by atoms with Crippen molar-refractivity contribution in [1.82, 2.24) is 10.0 Å². The highest BCUT2D eigenvalue weighted by molar-refractivity contribution is 7.89. The third-order valence-electron chi connectivity index (χ3n) is 4.07. The van der Waals surface area contributed by atoms with Gasteiger partial charge in [-0.15, -0.1) is 0 Å². The molecule has 8 heteroatoms. The Balaban J connectivity index is 2.01. The molecule has 0 unspecified atom stereocenters. The van der Waals surface area contributed by atoms with Crippen LogP contribution in [0.4, 0.5) is 0 Å². The maximum Gasteiger partial charge on any atom is 0.241 e. The van der Waals surface area contributed by atoms with E-state index in [0.717, 1.165) is 5.56 Å². The van der Waals surface area contributed by atoms with Crippen molar-refractivity contribution in [3.63, 3.8) is 0 Å². The first-order valence-electron chi connectivity index (χ1n) is 8.32. The van der Waals surface area contributed by atoms with E-state index in [1.54, 1.807) is 33.1 Å². The number of methoxy groups -OCH3 is 2. The molecule has 0 fully saturated rings. The number of amides is 1. The number of sulfonamides is 1. The zero-order valence-electron chi connectivity index (χ0n) is 15.8. The van der Waals surface area contributed by atoms with Crippen molar-refractivity contribution in [3.8, 4) is 11.5 Å². The Labute approximate surface area is 159 Å². The molecule has 146 valence electrons. The number of rotatable bonds is 8. The number of hydrogen-bond donors (Lipinski definition) is 2. The molecule has 2 aromatic rings. The van der Waals surface area contributed by atoms with Gasteiger partial charge in [-0.05, 0) is 43.2 Å². The third-order valence-corrected chi connectivity index (χ3v) is 5.62. The van der Waals surface area contributed by atoms with Gasteiger partial charge in [0.2, 0.25) is 15.9 Å². The lowest BCUT2D eigenvalue weighted by Crippen LogP contribution is -2.36. The fourth-order valence-electron chi connectivity index (χ4n) is 2.62. The molecule has 0 aromatic heterocycles. The molecule has 0 saturated heterocycles. The SMILES string of the molecule is COc1cc(C)c(S(=O)(=O)NCC(=O)NCc2ccccc2OC)cc1C. The smallest absolute Gasteiger partial charge is 0.241 e. The normalized spacial score (nSPS) is 11.1. The van der Waals surface area contributed by atoms with Gasteiger partial charge in [-0.25, -0.2) is 13.1 Å². The number of carbonyl (C=O) groups is 1. The molecule has 2 N–H and O–H groups in total. The Morgan fingerprint density at radius 3 is 2.33 bits per heavy atom. The molecule has 0 spiro atoms. The van der Waals surface area contributed by atoms with Crippen LogP contribution in [0.3, 0.4) is 0 Å². The average Bonchev–Trinajstić information content (AvgIpc) is 2.66. The molecule has 0 atom stereocenters. The number of aryl methyl sites for hydroxylation is 2. The summed E-state index contributed by atoms with van der Waals surface area (Å²) in [5.41, 5.74) is 2.04. The second-order valence-electron chi connectivity index (χ2n) is 6.00. The average molecular weight is 392 g/mol. The molecule has 27 heavy (non-hydrogen) atoms. The summed E-state index contributed by atoms with van der Waals surface area (Å²) in [5.74, 6) is 0.830. The van der Waals surface area contributed by atoms with E-state index in [9.17, 15) is 13.2 Å². The van der Waals surface area contributed by atoms with Gasteiger partial charge >= 0.3 is 0 Å². The summed E-state index contributed by atoms with van der Waals surface area (Å²) in [5, 5.41) is 2.68. The van der Waals surface area contributed by atoms with Gasteiger partial charge in [0.25, 0.3) is 0 Å². The van der Waals surface area contributed by atoms with Crippen LogP contribution in [0.5, 0.6) is 11.5 Å². The van der Waals surface area contributed by atoms with E-state index in [0.29, 0.717) is 22.6 Å². The molecule has 0 radical (unpaired) electrons. The lowest BCUT2D eigenvalue weighted by Gasteiger charge is -2.13. The van der Waals surface area contributed by atoms with E-state index in [1.807, 2.05) is 18.2 Å². The summed E-state index contributed by atoms with van der Waals surface area (Å²) in [6.07, 6.45) is 0. The van der Waals surface area contributed by atoms with Gasteiger partial charge in [0.15, 0.2) is 0 Å². The van der Waals surface area contributed by atoms with Gasteiger partial charge in [-0.1, -0.05) is 18.2 Å². The fourth-order valence-corrected chi connectivity index (χ4v) is 3.91. The van der Waals surface area contributed by atoms with Crippen LogP contribution in [-0.2, 0) is 21.4 Å². The minimum Gasteiger partial charge on any atom is -0.496 e. The zero-order chi connectivity index (χ0) is 20.0. The molecular weight excluding hydrogens is 368 g/mol. The topological polar surface area (TPSA) is 93.7 Å². The Morgan fingerprint density at radius 1 is 1.00 bits per heavy atom. The molecule has 2 rings (SSSR count). The molecule has 0 bridgehead atoms. The largest absolute Gasteiger partial charge is 0.496 e. The number of nitrogens with one attached hydrogen (secondary N) is 2. The predicted octanol–water partition coefficient (Wildman–Crippen LogP) is 1.92. The van der Waals surface area contributed by atoms with E-state index in [2.05, 4.69) is 10.0 Å². The Morgan fingerprint density at radius 2 is 1.67 bits per heavy atom. The highest BCUT2D eigenvalue weighted by Gasteiger charge is 2.19. The first-order valence-corrected chi connectivity index (χ1v) is 9.80. The van der Waals surface area contributed by atoms with E-state index < -0.39 is 15.9 Å². The Bertz CT molecular complexity index is 926. The van der Waals surface area contributed by atoms with Crippen LogP contribution in [-0.4, -0.2) is 35.1 Å². The van der Waals surface area contributed by atoms with E-state index >= 15 is 0 Å². The minimum atomic E-state index is -3.82. The number of carbonyl (C=O) groups excluding carboxylic acids is 1. The molecule has 1 amide bonds. The molecule has 0 aliphatic rings. The summed E-state index contributed by atoms with van der Waals surface area (Å²) in [4.78, 5) is 12.2. The number of benzene rings is 2. The summed E-state index contributed by atoms with van der Waals surface area (Å²) in [6, 6.07) is 10.5. The number of para-hydroxylation sites is 1. The zero-order valence-corrected chi connectivity index (χ0v) is 16.6. The van der Waals surface area contributed by atoms with Crippen molar-refractivity contribution < 1.29 is 22.7 Å². The lowest BCUT2D eigenvalue weighted by atomic mass is 10.1. The lowest BCUT2D eigenvalue weighted by molar-refractivity contribution is -0.120. The van der Waals surface area contributed by atoms with Crippen LogP contribution in [0.15, 0.2) is 41.3 Å². The third kappa shape index (κ3) is 5.21. The first kappa shape index (κ1) is 20.7. The summed E-state index contributed by atoms with van der Waals surface area (Å²) < 4.78 is 37.8. The number of ether oxygens (including phenoxy) is 2. The maximum absolute atomic E-state index is 12.5. The van der Waals surface area contributed by atoms with Gasteiger partial charge in [-0.2, -0.15) is 0 Å². The second kappa shape index (κ2) is 8.88.